The van der Waals surface area contributed by atoms with Crippen LogP contribution in [-0.2, 0) is 32.5 Å². The minimum atomic E-state index is -0.568. The van der Waals surface area contributed by atoms with Crippen molar-refractivity contribution in [1.29, 1.82) is 0 Å². The summed E-state index contributed by atoms with van der Waals surface area (Å²) in [6, 6.07) is 53.7. The molecule has 0 heteroatoms. The van der Waals surface area contributed by atoms with E-state index in [1.54, 1.807) is 0 Å². The number of benzene rings is 7. The van der Waals surface area contributed by atoms with Crippen LogP contribution in [0.2, 0.25) is 0 Å². The molecule has 304 valence electrons. The zero-order chi connectivity index (χ0) is 42.9. The highest BCUT2D eigenvalue weighted by molar-refractivity contribution is 6.11. The Morgan fingerprint density at radius 2 is 0.600 bits per heavy atom. The second-order valence-corrected chi connectivity index (χ2v) is 22.4. The standard InChI is InChI=1S/C60H64/c1-37-33-39-15-32-48-54-52(39)49(34-37)60(46-28-20-42(21-29-46)57(9,10)11,47-30-22-43(23-31-47)58(12,13)14)51-36-38(2)35-50(53(51)54)59(48,44-24-16-40(17-25-44)55(3,4)5)45-26-18-41(19-27-45)56(6,7)8/h15-36H,1-14H3. The van der Waals surface area contributed by atoms with Gasteiger partial charge in [0, 0.05) is 0 Å². The lowest BCUT2D eigenvalue weighted by Gasteiger charge is -2.43. The highest BCUT2D eigenvalue weighted by Crippen LogP contribution is 2.66. The predicted molar refractivity (Wildman–Crippen MR) is 257 cm³/mol. The van der Waals surface area contributed by atoms with Gasteiger partial charge in [-0.05, 0) is 124 Å². The first-order valence-corrected chi connectivity index (χ1v) is 22.3. The van der Waals surface area contributed by atoms with Crippen LogP contribution in [0.4, 0.5) is 0 Å². The normalized spacial score (nSPS) is 15.4. The molecule has 0 fully saturated rings. The molecule has 2 aliphatic rings. The molecule has 0 nitrogen and oxygen atoms in total. The Morgan fingerprint density at radius 1 is 0.300 bits per heavy atom. The molecule has 7 aromatic rings. The van der Waals surface area contributed by atoms with Crippen molar-refractivity contribution in [2.75, 3.05) is 0 Å². The summed E-state index contributed by atoms with van der Waals surface area (Å²) in [5, 5.41) is 2.69. The van der Waals surface area contributed by atoms with Crippen molar-refractivity contribution >= 4 is 10.8 Å². The molecule has 0 aliphatic heterocycles. The molecule has 0 atom stereocenters. The maximum atomic E-state index is 2.55. The number of aryl methyl sites for hydroxylation is 2. The first-order chi connectivity index (χ1) is 28.1. The van der Waals surface area contributed by atoms with Crippen LogP contribution < -0.4 is 0 Å². The SMILES string of the molecule is Cc1cc2c3c(c1)C(c1ccc(C(C)(C)C)cc1)(c1ccc(C(C)(C)C)cc1)c1cc(C)cc4ccc(c-3c14)C2(c1ccc(C(C)(C)C)cc1)c1ccc(C(C)(C)C)cc1. The summed E-state index contributed by atoms with van der Waals surface area (Å²) < 4.78 is 0. The van der Waals surface area contributed by atoms with Crippen LogP contribution in [0.5, 0.6) is 0 Å². The summed E-state index contributed by atoms with van der Waals surface area (Å²) in [5.74, 6) is 0. The number of hydrogen-bond donors (Lipinski definition) is 0. The van der Waals surface area contributed by atoms with Gasteiger partial charge in [0.2, 0.25) is 0 Å². The van der Waals surface area contributed by atoms with Crippen molar-refractivity contribution < 1.29 is 0 Å². The van der Waals surface area contributed by atoms with Gasteiger partial charge in [0.05, 0.1) is 10.8 Å². The van der Waals surface area contributed by atoms with Crippen molar-refractivity contribution in [2.45, 2.75) is 129 Å². The van der Waals surface area contributed by atoms with Gasteiger partial charge in [-0.25, -0.2) is 0 Å². The van der Waals surface area contributed by atoms with Crippen molar-refractivity contribution in [3.05, 3.63) is 211 Å². The first kappa shape index (κ1) is 40.2. The molecule has 60 heavy (non-hydrogen) atoms. The smallest absolute Gasteiger partial charge is 0.0582 e. The summed E-state index contributed by atoms with van der Waals surface area (Å²) in [6.45, 7) is 32.4. The molecular weight excluding hydrogens is 721 g/mol. The van der Waals surface area contributed by atoms with Gasteiger partial charge in [-0.3, -0.25) is 0 Å². The first-order valence-electron chi connectivity index (χ1n) is 22.3. The summed E-state index contributed by atoms with van der Waals surface area (Å²) in [4.78, 5) is 0. The minimum absolute atomic E-state index is 0.0416. The van der Waals surface area contributed by atoms with E-state index in [9.17, 15) is 0 Å². The summed E-state index contributed by atoms with van der Waals surface area (Å²) in [5.41, 5.74) is 20.7. The molecule has 0 bridgehead atoms. The molecule has 0 saturated carbocycles. The fraction of sp³-hybridized carbons (Fsp3) is 0.333. The predicted octanol–water partition coefficient (Wildman–Crippen LogP) is 15.7. The fourth-order valence-electron chi connectivity index (χ4n) is 10.9. The van der Waals surface area contributed by atoms with E-state index >= 15 is 0 Å². The summed E-state index contributed by atoms with van der Waals surface area (Å²) in [7, 11) is 0. The molecule has 0 N–H and O–H groups in total. The van der Waals surface area contributed by atoms with Crippen LogP contribution in [0.15, 0.2) is 133 Å². The Morgan fingerprint density at radius 3 is 0.933 bits per heavy atom. The Labute approximate surface area is 361 Å². The van der Waals surface area contributed by atoms with Crippen LogP contribution in [0.1, 0.15) is 161 Å². The van der Waals surface area contributed by atoms with Crippen LogP contribution in [-0.4, -0.2) is 0 Å². The van der Waals surface area contributed by atoms with Crippen LogP contribution in [0.3, 0.4) is 0 Å². The molecule has 0 unspecified atom stereocenters. The van der Waals surface area contributed by atoms with E-state index in [1.807, 2.05) is 0 Å². The number of hydrogen-bond acceptors (Lipinski definition) is 0. The molecule has 7 aromatic carbocycles. The van der Waals surface area contributed by atoms with Crippen LogP contribution in [0.25, 0.3) is 21.9 Å². The third kappa shape index (κ3) is 5.84. The summed E-state index contributed by atoms with van der Waals surface area (Å²) >= 11 is 0. The van der Waals surface area contributed by atoms with E-state index in [2.05, 4.69) is 230 Å². The van der Waals surface area contributed by atoms with E-state index in [0.29, 0.717) is 0 Å². The molecule has 0 spiro atoms. The molecule has 0 saturated heterocycles. The monoisotopic (exact) mass is 785 g/mol. The van der Waals surface area contributed by atoms with E-state index in [4.69, 9.17) is 0 Å². The highest BCUT2D eigenvalue weighted by Gasteiger charge is 2.54. The Balaban J connectivity index is 1.49. The zero-order valence-corrected chi connectivity index (χ0v) is 38.7. The van der Waals surface area contributed by atoms with Crippen molar-refractivity contribution in [1.82, 2.24) is 0 Å². The third-order valence-electron chi connectivity index (χ3n) is 14.1. The van der Waals surface area contributed by atoms with Gasteiger partial charge in [-0.2, -0.15) is 0 Å². The van der Waals surface area contributed by atoms with E-state index in [0.717, 1.165) is 0 Å². The topological polar surface area (TPSA) is 0 Å². The highest BCUT2D eigenvalue weighted by atomic mass is 14.6. The van der Waals surface area contributed by atoms with Gasteiger partial charge in [-0.15, -0.1) is 0 Å². The second kappa shape index (κ2) is 13.1. The molecule has 9 rings (SSSR count). The lowest BCUT2D eigenvalue weighted by atomic mass is 9.59. The van der Waals surface area contributed by atoms with Gasteiger partial charge < -0.3 is 0 Å². The second-order valence-electron chi connectivity index (χ2n) is 22.4. The minimum Gasteiger partial charge on any atom is -0.0582 e. The third-order valence-corrected chi connectivity index (χ3v) is 14.1. The van der Waals surface area contributed by atoms with Gasteiger partial charge in [-0.1, -0.05) is 228 Å². The van der Waals surface area contributed by atoms with Crippen molar-refractivity contribution in [2.24, 2.45) is 0 Å². The van der Waals surface area contributed by atoms with Crippen LogP contribution >= 0.6 is 0 Å². The molecule has 0 amide bonds. The molecule has 0 aromatic heterocycles. The maximum Gasteiger partial charge on any atom is 0.0714 e. The van der Waals surface area contributed by atoms with Gasteiger partial charge in [0.25, 0.3) is 0 Å². The van der Waals surface area contributed by atoms with E-state index < -0.39 is 10.8 Å². The molecule has 2 aliphatic carbocycles. The lowest BCUT2D eigenvalue weighted by Crippen LogP contribution is -2.34. The quantitative estimate of drug-likeness (QED) is 0.167. The Bertz CT molecular complexity index is 2680. The largest absolute Gasteiger partial charge is 0.0714 e. The average Bonchev–Trinajstić information content (AvgIpc) is 3.48. The molecule has 0 heterocycles. The van der Waals surface area contributed by atoms with Crippen molar-refractivity contribution in [3.8, 4) is 11.1 Å². The zero-order valence-electron chi connectivity index (χ0n) is 38.7. The van der Waals surface area contributed by atoms with Crippen LogP contribution in [0, 0.1) is 13.8 Å². The van der Waals surface area contributed by atoms with E-state index in [1.165, 1.54) is 99.8 Å². The van der Waals surface area contributed by atoms with Gasteiger partial charge >= 0.3 is 0 Å². The summed E-state index contributed by atoms with van der Waals surface area (Å²) in [6.07, 6.45) is 0. The lowest BCUT2D eigenvalue weighted by molar-refractivity contribution is 0.588. The van der Waals surface area contributed by atoms with E-state index in [-0.39, 0.29) is 21.7 Å². The van der Waals surface area contributed by atoms with Crippen molar-refractivity contribution in [3.63, 3.8) is 0 Å². The molecular formula is C60H64. The molecule has 0 radical (unpaired) electrons. The average molecular weight is 785 g/mol. The maximum absolute atomic E-state index is 2.55. The van der Waals surface area contributed by atoms with Gasteiger partial charge in [0.1, 0.15) is 0 Å². The Kier molecular flexibility index (Phi) is 8.81. The fourth-order valence-corrected chi connectivity index (χ4v) is 10.9. The Hall–Kier alpha value is -5.20. The number of rotatable bonds is 4. The van der Waals surface area contributed by atoms with Gasteiger partial charge in [0.15, 0.2) is 0 Å².